The van der Waals surface area contributed by atoms with Crippen molar-refractivity contribution < 1.29 is 14.7 Å². The van der Waals surface area contributed by atoms with Crippen molar-refractivity contribution in [3.05, 3.63) is 80.8 Å². The van der Waals surface area contributed by atoms with Gasteiger partial charge < -0.3 is 14.7 Å². The summed E-state index contributed by atoms with van der Waals surface area (Å²) in [6, 6.07) is 17.7. The number of hydrogen-bond acceptors (Lipinski definition) is 5. The number of aliphatic imine (C=N–C) groups is 1. The second-order valence-electron chi connectivity index (χ2n) is 7.95. The molecule has 0 bridgehead atoms. The zero-order chi connectivity index (χ0) is 22.5. The minimum Gasteiger partial charge on any atom is -0.497 e. The molecule has 166 valence electrons. The van der Waals surface area contributed by atoms with Crippen molar-refractivity contribution >= 4 is 18.4 Å². The predicted octanol–water partition coefficient (Wildman–Crippen LogP) is 2.28. The molecule has 0 aliphatic carbocycles. The summed E-state index contributed by atoms with van der Waals surface area (Å²) in [7, 11) is 1.58. The minimum absolute atomic E-state index is 0.105. The number of aromatic nitrogens is 2. The van der Waals surface area contributed by atoms with Crippen molar-refractivity contribution in [2.45, 2.75) is 25.4 Å². The molecule has 1 aliphatic rings. The monoisotopic (exact) mass is 451 g/mol. The Bertz CT molecular complexity index is 1190. The molecule has 1 fully saturated rings. The molecule has 3 aromatic rings. The van der Waals surface area contributed by atoms with Crippen LogP contribution >= 0.6 is 12.2 Å². The maximum Gasteiger partial charge on any atom is 0.264 e. The molecule has 2 heterocycles. The first-order valence-electron chi connectivity index (χ1n) is 10.7. The molecular formula is C24H27N4O3S+. The van der Waals surface area contributed by atoms with Gasteiger partial charge in [0.2, 0.25) is 5.88 Å². The second kappa shape index (κ2) is 9.93. The van der Waals surface area contributed by atoms with Gasteiger partial charge in [0.1, 0.15) is 17.9 Å². The maximum absolute atomic E-state index is 12.5. The number of hydrogen-bond donors (Lipinski definition) is 3. The van der Waals surface area contributed by atoms with Crippen LogP contribution in [-0.4, -0.2) is 47.1 Å². The minimum atomic E-state index is -0.451. The molecule has 1 aliphatic heterocycles. The first-order chi connectivity index (χ1) is 15.5. The number of methoxy groups -OCH3 is 1. The zero-order valence-electron chi connectivity index (χ0n) is 18.0. The van der Waals surface area contributed by atoms with Crippen LogP contribution in [0.3, 0.4) is 0 Å². The number of piperidine rings is 1. The maximum atomic E-state index is 12.5. The van der Waals surface area contributed by atoms with Crippen molar-refractivity contribution in [1.82, 2.24) is 9.55 Å². The summed E-state index contributed by atoms with van der Waals surface area (Å²) in [5, 5.41) is 10.8. The van der Waals surface area contributed by atoms with Gasteiger partial charge in [-0.05, 0) is 36.5 Å². The SMILES string of the molecule is COc1ccc(-n2c(O)c(C=NC3CC[NH+](Cc4ccccc4)CC3)c(=O)[nH]c2=S)cc1. The van der Waals surface area contributed by atoms with Gasteiger partial charge in [-0.1, -0.05) is 30.3 Å². The van der Waals surface area contributed by atoms with E-state index in [0.717, 1.165) is 32.5 Å². The van der Waals surface area contributed by atoms with Crippen LogP contribution in [-0.2, 0) is 6.54 Å². The molecule has 3 N–H and O–H groups in total. The van der Waals surface area contributed by atoms with Crippen LogP contribution < -0.4 is 15.2 Å². The molecule has 32 heavy (non-hydrogen) atoms. The number of nitrogens with one attached hydrogen (secondary N) is 2. The van der Waals surface area contributed by atoms with Crippen LogP contribution in [0.4, 0.5) is 0 Å². The summed E-state index contributed by atoms with van der Waals surface area (Å²) in [5.74, 6) is 0.464. The third-order valence-electron chi connectivity index (χ3n) is 5.83. The molecule has 1 aromatic heterocycles. The van der Waals surface area contributed by atoms with Gasteiger partial charge in [0, 0.05) is 24.6 Å². The van der Waals surface area contributed by atoms with E-state index in [-0.39, 0.29) is 22.3 Å². The Morgan fingerprint density at radius 1 is 1.19 bits per heavy atom. The second-order valence-corrected chi connectivity index (χ2v) is 8.34. The van der Waals surface area contributed by atoms with Crippen molar-refractivity contribution in [3.63, 3.8) is 0 Å². The number of rotatable bonds is 6. The molecule has 8 heteroatoms. The molecule has 0 unspecified atom stereocenters. The van der Waals surface area contributed by atoms with E-state index >= 15 is 0 Å². The molecule has 0 spiro atoms. The van der Waals surface area contributed by atoms with Crippen LogP contribution in [0.1, 0.15) is 24.0 Å². The van der Waals surface area contributed by atoms with Gasteiger partial charge in [-0.3, -0.25) is 19.3 Å². The Balaban J connectivity index is 1.48. The molecule has 7 nitrogen and oxygen atoms in total. The number of H-pyrrole nitrogens is 1. The standard InChI is InChI=1S/C24H26N4O3S/c1-31-20-9-7-19(8-10-20)28-23(30)21(22(29)26-24(28)32)15-25-18-11-13-27(14-12-18)16-17-5-3-2-4-6-17/h2-10,15,18,30H,11-14,16H2,1H3,(H,26,29,32)/p+1. The van der Waals surface area contributed by atoms with Gasteiger partial charge in [-0.25, -0.2) is 0 Å². The number of aromatic hydroxyl groups is 1. The lowest BCUT2D eigenvalue weighted by molar-refractivity contribution is -0.918. The lowest BCUT2D eigenvalue weighted by Crippen LogP contribution is -3.12. The molecule has 2 aromatic carbocycles. The van der Waals surface area contributed by atoms with E-state index in [1.54, 1.807) is 31.4 Å². The first-order valence-corrected chi connectivity index (χ1v) is 11.1. The van der Waals surface area contributed by atoms with Gasteiger partial charge in [0.25, 0.3) is 5.56 Å². The van der Waals surface area contributed by atoms with Crippen molar-refractivity contribution in [3.8, 4) is 17.3 Å². The number of benzene rings is 2. The third-order valence-corrected chi connectivity index (χ3v) is 6.11. The fourth-order valence-electron chi connectivity index (χ4n) is 4.03. The van der Waals surface area contributed by atoms with E-state index < -0.39 is 5.56 Å². The summed E-state index contributed by atoms with van der Waals surface area (Å²) >= 11 is 5.27. The summed E-state index contributed by atoms with van der Waals surface area (Å²) in [6.45, 7) is 3.06. The number of likely N-dealkylation sites (tertiary alicyclic amines) is 1. The van der Waals surface area contributed by atoms with Crippen LogP contribution in [0.5, 0.6) is 11.6 Å². The van der Waals surface area contributed by atoms with Gasteiger partial charge in [0.15, 0.2) is 4.77 Å². The Hall–Kier alpha value is -3.23. The summed E-state index contributed by atoms with van der Waals surface area (Å²) in [6.07, 6.45) is 3.36. The van der Waals surface area contributed by atoms with Crippen LogP contribution in [0, 0.1) is 4.77 Å². The van der Waals surface area contributed by atoms with Gasteiger partial charge in [-0.15, -0.1) is 0 Å². The van der Waals surface area contributed by atoms with Crippen LogP contribution in [0.15, 0.2) is 64.4 Å². The van der Waals surface area contributed by atoms with Crippen LogP contribution in [0.2, 0.25) is 0 Å². The predicted molar refractivity (Wildman–Crippen MR) is 127 cm³/mol. The highest BCUT2D eigenvalue weighted by atomic mass is 32.1. The number of quaternary nitrogens is 1. The zero-order valence-corrected chi connectivity index (χ0v) is 18.8. The highest BCUT2D eigenvalue weighted by molar-refractivity contribution is 7.71. The van der Waals surface area contributed by atoms with E-state index in [9.17, 15) is 9.90 Å². The van der Waals surface area contributed by atoms with E-state index in [1.165, 1.54) is 21.2 Å². The molecule has 1 saturated heterocycles. The Kier molecular flexibility index (Phi) is 6.82. The quantitative estimate of drug-likeness (QED) is 0.397. The molecule has 0 saturated carbocycles. The number of aromatic amines is 1. The molecule has 4 rings (SSSR count). The fraction of sp³-hybridized carbons (Fsp3) is 0.292. The average molecular weight is 452 g/mol. The Labute approximate surface area is 191 Å². The lowest BCUT2D eigenvalue weighted by atomic mass is 10.0. The highest BCUT2D eigenvalue weighted by Crippen LogP contribution is 2.21. The molecular weight excluding hydrogens is 424 g/mol. The molecule has 0 radical (unpaired) electrons. The van der Waals surface area contributed by atoms with E-state index in [0.29, 0.717) is 11.4 Å². The number of ether oxygens (including phenoxy) is 1. The smallest absolute Gasteiger partial charge is 0.264 e. The average Bonchev–Trinajstić information content (AvgIpc) is 2.81. The van der Waals surface area contributed by atoms with Crippen molar-refractivity contribution in [1.29, 1.82) is 0 Å². The van der Waals surface area contributed by atoms with Gasteiger partial charge in [-0.2, -0.15) is 0 Å². The lowest BCUT2D eigenvalue weighted by Gasteiger charge is -2.27. The molecule has 0 atom stereocenters. The number of nitrogens with zero attached hydrogens (tertiary/aromatic N) is 2. The van der Waals surface area contributed by atoms with E-state index in [1.807, 2.05) is 6.07 Å². The summed E-state index contributed by atoms with van der Waals surface area (Å²) in [5.41, 5.74) is 1.62. The van der Waals surface area contributed by atoms with Gasteiger partial charge in [0.05, 0.1) is 31.9 Å². The van der Waals surface area contributed by atoms with Crippen molar-refractivity contribution in [2.24, 2.45) is 4.99 Å². The van der Waals surface area contributed by atoms with Gasteiger partial charge >= 0.3 is 0 Å². The Morgan fingerprint density at radius 3 is 2.53 bits per heavy atom. The first kappa shape index (κ1) is 22.0. The largest absolute Gasteiger partial charge is 0.497 e. The normalized spacial score (nSPS) is 18.7. The summed E-state index contributed by atoms with van der Waals surface area (Å²) < 4.78 is 6.72. The van der Waals surface area contributed by atoms with Crippen molar-refractivity contribution in [2.75, 3.05) is 20.2 Å². The van der Waals surface area contributed by atoms with E-state index in [2.05, 4.69) is 34.2 Å². The highest BCUT2D eigenvalue weighted by Gasteiger charge is 2.22. The molecule has 0 amide bonds. The fourth-order valence-corrected chi connectivity index (χ4v) is 4.31. The summed E-state index contributed by atoms with van der Waals surface area (Å²) in [4.78, 5) is 21.3. The van der Waals surface area contributed by atoms with Crippen LogP contribution in [0.25, 0.3) is 5.69 Å². The third kappa shape index (κ3) is 4.98. The van der Waals surface area contributed by atoms with E-state index in [4.69, 9.17) is 17.0 Å². The Morgan fingerprint density at radius 2 is 1.88 bits per heavy atom. The topological polar surface area (TPSA) is 84.0 Å².